The Labute approximate surface area is 119 Å². The second-order valence-corrected chi connectivity index (χ2v) is 5.27. The summed E-state index contributed by atoms with van der Waals surface area (Å²) >= 11 is 1.13. The molecule has 1 fully saturated rings. The average Bonchev–Trinajstić information content (AvgIpc) is 2.89. The summed E-state index contributed by atoms with van der Waals surface area (Å²) in [6, 6.07) is 0. The largest absolute Gasteiger partial charge is 0.476 e. The molecule has 1 aliphatic rings. The Morgan fingerprint density at radius 1 is 1.50 bits per heavy atom. The van der Waals surface area contributed by atoms with Crippen LogP contribution in [0.2, 0.25) is 0 Å². The quantitative estimate of drug-likeness (QED) is 0.474. The van der Waals surface area contributed by atoms with Crippen LogP contribution in [0.4, 0.5) is 5.13 Å². The first-order chi connectivity index (χ1) is 9.70. The Kier molecular flexibility index (Phi) is 5.05. The molecule has 0 bridgehead atoms. The first-order valence-corrected chi connectivity index (χ1v) is 7.22. The fourth-order valence-corrected chi connectivity index (χ4v) is 2.65. The van der Waals surface area contributed by atoms with Crippen molar-refractivity contribution in [3.63, 3.8) is 0 Å². The second-order valence-electron chi connectivity index (χ2n) is 4.41. The fourth-order valence-electron chi connectivity index (χ4n) is 1.99. The van der Waals surface area contributed by atoms with Gasteiger partial charge in [0.15, 0.2) is 5.13 Å². The van der Waals surface area contributed by atoms with Gasteiger partial charge >= 0.3 is 5.97 Å². The van der Waals surface area contributed by atoms with Gasteiger partial charge in [0.1, 0.15) is 11.8 Å². The Morgan fingerprint density at radius 3 is 2.90 bits per heavy atom. The highest BCUT2D eigenvalue weighted by Gasteiger charge is 2.20. The molecule has 108 valence electrons. The minimum atomic E-state index is -1.20. The number of aromatic nitrogens is 1. The van der Waals surface area contributed by atoms with Gasteiger partial charge in [-0.05, 0) is 25.7 Å². The van der Waals surface area contributed by atoms with Gasteiger partial charge in [-0.3, -0.25) is 4.79 Å². The number of aliphatic carboxylic acids is 1. The molecule has 0 unspecified atom stereocenters. The van der Waals surface area contributed by atoms with Crippen molar-refractivity contribution in [2.75, 3.05) is 5.32 Å². The van der Waals surface area contributed by atoms with E-state index in [2.05, 4.69) is 15.5 Å². The van der Waals surface area contributed by atoms with Crippen LogP contribution in [0.1, 0.15) is 37.8 Å². The molecular formula is C12H15N3O4S. The molecule has 0 saturated heterocycles. The molecule has 1 heterocycles. The number of oxime groups is 1. The average molecular weight is 297 g/mol. The number of carboxylic acids is 1. The molecule has 0 radical (unpaired) electrons. The highest BCUT2D eigenvalue weighted by Crippen LogP contribution is 2.21. The van der Waals surface area contributed by atoms with Crippen molar-refractivity contribution >= 4 is 34.6 Å². The van der Waals surface area contributed by atoms with E-state index >= 15 is 0 Å². The number of carboxylic acid groups (broad SMARTS) is 1. The van der Waals surface area contributed by atoms with Gasteiger partial charge in [0.2, 0.25) is 12.1 Å². The molecule has 1 aromatic rings. The number of thiazole rings is 1. The van der Waals surface area contributed by atoms with E-state index in [1.807, 2.05) is 0 Å². The lowest BCUT2D eigenvalue weighted by atomic mass is 9.98. The summed E-state index contributed by atoms with van der Waals surface area (Å²) in [6.45, 7) is 0. The monoisotopic (exact) mass is 297 g/mol. The van der Waals surface area contributed by atoms with Gasteiger partial charge < -0.3 is 15.3 Å². The third-order valence-electron chi connectivity index (χ3n) is 2.98. The number of anilines is 1. The van der Waals surface area contributed by atoms with Crippen LogP contribution in [-0.4, -0.2) is 34.3 Å². The SMILES string of the molecule is O=CNc1nc(/C(=N\OC2CCCCC2)C(=O)O)cs1. The molecule has 20 heavy (non-hydrogen) atoms. The topological polar surface area (TPSA) is 101 Å². The summed E-state index contributed by atoms with van der Waals surface area (Å²) in [7, 11) is 0. The minimum Gasteiger partial charge on any atom is -0.476 e. The van der Waals surface area contributed by atoms with Crippen LogP contribution in [0, 0.1) is 0 Å². The standard InChI is InChI=1S/C12H15N3O4S/c16-7-13-12-14-9(6-20-12)10(11(17)18)15-19-8-4-2-1-3-5-8/h6-8H,1-5H2,(H,17,18)(H,13,14,16)/b15-10+. The lowest BCUT2D eigenvalue weighted by Crippen LogP contribution is -2.19. The Balaban J connectivity index is 2.08. The van der Waals surface area contributed by atoms with Gasteiger partial charge in [0.05, 0.1) is 0 Å². The number of carbonyl (C=O) groups excluding carboxylic acids is 1. The number of hydrogen-bond acceptors (Lipinski definition) is 6. The van der Waals surface area contributed by atoms with Crippen molar-refractivity contribution in [2.45, 2.75) is 38.2 Å². The van der Waals surface area contributed by atoms with E-state index in [0.717, 1.165) is 37.0 Å². The summed E-state index contributed by atoms with van der Waals surface area (Å²) in [6.07, 6.45) is 5.58. The molecule has 1 aromatic heterocycles. The second kappa shape index (κ2) is 6.99. The zero-order chi connectivity index (χ0) is 14.4. The zero-order valence-corrected chi connectivity index (χ0v) is 11.6. The normalized spacial score (nSPS) is 16.7. The van der Waals surface area contributed by atoms with Crippen molar-refractivity contribution < 1.29 is 19.5 Å². The molecule has 1 saturated carbocycles. The van der Waals surface area contributed by atoms with Crippen LogP contribution in [0.3, 0.4) is 0 Å². The van der Waals surface area contributed by atoms with Gasteiger partial charge in [-0.1, -0.05) is 11.6 Å². The van der Waals surface area contributed by atoms with Gasteiger partial charge in [0.25, 0.3) is 0 Å². The van der Waals surface area contributed by atoms with Crippen molar-refractivity contribution in [2.24, 2.45) is 5.16 Å². The Hall–Kier alpha value is -1.96. The first kappa shape index (κ1) is 14.4. The Morgan fingerprint density at radius 2 is 2.25 bits per heavy atom. The lowest BCUT2D eigenvalue weighted by molar-refractivity contribution is -0.129. The van der Waals surface area contributed by atoms with Crippen LogP contribution < -0.4 is 5.32 Å². The first-order valence-electron chi connectivity index (χ1n) is 6.34. The van der Waals surface area contributed by atoms with Crippen molar-refractivity contribution in [3.05, 3.63) is 11.1 Å². The Bertz CT molecular complexity index is 509. The highest BCUT2D eigenvalue weighted by molar-refractivity contribution is 7.14. The molecule has 8 heteroatoms. The van der Waals surface area contributed by atoms with E-state index < -0.39 is 5.97 Å². The maximum Gasteiger partial charge on any atom is 0.360 e. The molecule has 2 N–H and O–H groups in total. The third-order valence-corrected chi connectivity index (χ3v) is 3.75. The van der Waals surface area contributed by atoms with Crippen molar-refractivity contribution in [1.29, 1.82) is 0 Å². The van der Waals surface area contributed by atoms with Gasteiger partial charge in [-0.2, -0.15) is 0 Å². The van der Waals surface area contributed by atoms with Crippen LogP contribution in [-0.2, 0) is 14.4 Å². The maximum absolute atomic E-state index is 11.2. The number of nitrogens with zero attached hydrogens (tertiary/aromatic N) is 2. The predicted molar refractivity (Wildman–Crippen MR) is 73.9 cm³/mol. The van der Waals surface area contributed by atoms with Crippen molar-refractivity contribution in [1.82, 2.24) is 4.98 Å². The minimum absolute atomic E-state index is 0.0238. The number of nitrogens with one attached hydrogen (secondary N) is 1. The number of rotatable bonds is 6. The van der Waals surface area contributed by atoms with E-state index in [1.54, 1.807) is 0 Å². The number of hydrogen-bond donors (Lipinski definition) is 2. The number of amides is 1. The lowest BCUT2D eigenvalue weighted by Gasteiger charge is -2.19. The van der Waals surface area contributed by atoms with E-state index in [0.29, 0.717) is 11.5 Å². The van der Waals surface area contributed by atoms with Gasteiger partial charge in [-0.25, -0.2) is 9.78 Å². The molecule has 0 aliphatic heterocycles. The summed E-state index contributed by atoms with van der Waals surface area (Å²) in [5.41, 5.74) is -0.0616. The molecule has 0 aromatic carbocycles. The molecular weight excluding hydrogens is 282 g/mol. The van der Waals surface area contributed by atoms with Crippen LogP contribution in [0.25, 0.3) is 0 Å². The van der Waals surface area contributed by atoms with Crippen molar-refractivity contribution in [3.8, 4) is 0 Å². The fraction of sp³-hybridized carbons (Fsp3) is 0.500. The highest BCUT2D eigenvalue weighted by atomic mass is 32.1. The third kappa shape index (κ3) is 3.77. The van der Waals surface area contributed by atoms with Gasteiger partial charge in [0, 0.05) is 5.38 Å². The number of carbonyl (C=O) groups is 2. The van der Waals surface area contributed by atoms with E-state index in [9.17, 15) is 9.59 Å². The van der Waals surface area contributed by atoms with E-state index in [-0.39, 0.29) is 17.5 Å². The van der Waals surface area contributed by atoms with Crippen LogP contribution in [0.5, 0.6) is 0 Å². The van der Waals surface area contributed by atoms with Gasteiger partial charge in [-0.15, -0.1) is 11.3 Å². The summed E-state index contributed by atoms with van der Waals surface area (Å²) in [4.78, 5) is 30.8. The predicted octanol–water partition coefficient (Wildman–Crippen LogP) is 1.85. The summed E-state index contributed by atoms with van der Waals surface area (Å²) in [5.74, 6) is -1.20. The smallest absolute Gasteiger partial charge is 0.360 e. The molecule has 0 spiro atoms. The van der Waals surface area contributed by atoms with Crippen LogP contribution >= 0.6 is 11.3 Å². The van der Waals surface area contributed by atoms with Crippen LogP contribution in [0.15, 0.2) is 10.5 Å². The van der Waals surface area contributed by atoms with E-state index in [1.165, 1.54) is 11.8 Å². The zero-order valence-electron chi connectivity index (χ0n) is 10.7. The maximum atomic E-state index is 11.2. The molecule has 1 amide bonds. The molecule has 2 rings (SSSR count). The molecule has 7 nitrogen and oxygen atoms in total. The summed E-state index contributed by atoms with van der Waals surface area (Å²) < 4.78 is 0. The molecule has 1 aliphatic carbocycles. The summed E-state index contributed by atoms with van der Waals surface area (Å²) in [5, 5.41) is 17.1. The van der Waals surface area contributed by atoms with E-state index in [4.69, 9.17) is 9.94 Å². The molecule has 0 atom stereocenters.